The summed E-state index contributed by atoms with van der Waals surface area (Å²) >= 11 is 1.47. The van der Waals surface area contributed by atoms with Crippen LogP contribution >= 0.6 is 11.3 Å². The number of hydrogen-bond acceptors (Lipinski definition) is 4. The van der Waals surface area contributed by atoms with E-state index in [4.69, 9.17) is 16.9 Å². The van der Waals surface area contributed by atoms with Crippen molar-refractivity contribution in [3.05, 3.63) is 15.8 Å². The molecule has 60 valence electrons. The van der Waals surface area contributed by atoms with E-state index in [-0.39, 0.29) is 6.04 Å². The van der Waals surface area contributed by atoms with Crippen molar-refractivity contribution in [1.29, 1.82) is 5.41 Å². The zero-order valence-electron chi connectivity index (χ0n) is 6.29. The first-order valence-corrected chi connectivity index (χ1v) is 4.12. The molecule has 0 aliphatic heterocycles. The summed E-state index contributed by atoms with van der Waals surface area (Å²) in [4.78, 5) is 1.82. The molecule has 1 aromatic rings. The molecule has 0 spiro atoms. The molecule has 1 atom stereocenters. The maximum atomic E-state index is 7.00. The first-order chi connectivity index (χ1) is 5.15. The third kappa shape index (κ3) is 1.58. The molecule has 0 saturated carbocycles. The Bertz CT molecular complexity index is 265. The van der Waals surface area contributed by atoms with Gasteiger partial charge in [-0.25, -0.2) is 0 Å². The van der Waals surface area contributed by atoms with E-state index in [9.17, 15) is 0 Å². The molecule has 1 rings (SSSR count). The van der Waals surface area contributed by atoms with Crippen LogP contribution in [0.5, 0.6) is 0 Å². The predicted octanol–water partition coefficient (Wildman–Crippen LogP) is 1.35. The molecule has 11 heavy (non-hydrogen) atoms. The van der Waals surface area contributed by atoms with Gasteiger partial charge in [0.2, 0.25) is 0 Å². The van der Waals surface area contributed by atoms with Gasteiger partial charge in [0.05, 0.1) is 10.6 Å². The topological polar surface area (TPSA) is 75.9 Å². The summed E-state index contributed by atoms with van der Waals surface area (Å²) in [5.41, 5.74) is 11.9. The van der Waals surface area contributed by atoms with E-state index in [0.29, 0.717) is 5.69 Å². The van der Waals surface area contributed by atoms with Gasteiger partial charge < -0.3 is 16.9 Å². The van der Waals surface area contributed by atoms with Crippen molar-refractivity contribution in [3.8, 4) is 0 Å². The highest BCUT2D eigenvalue weighted by Crippen LogP contribution is 2.26. The molecule has 0 saturated heterocycles. The van der Waals surface area contributed by atoms with Crippen molar-refractivity contribution in [2.45, 2.75) is 13.0 Å². The Morgan fingerprint density at radius 3 is 2.64 bits per heavy atom. The molecule has 1 heterocycles. The van der Waals surface area contributed by atoms with Crippen molar-refractivity contribution in [3.63, 3.8) is 0 Å². The maximum Gasteiger partial charge on any atom is 0.0678 e. The van der Waals surface area contributed by atoms with Gasteiger partial charge in [-0.2, -0.15) is 0 Å². The molecule has 5 N–H and O–H groups in total. The summed E-state index contributed by atoms with van der Waals surface area (Å²) in [6.45, 7) is 1.90. The van der Waals surface area contributed by atoms with Crippen LogP contribution in [0.2, 0.25) is 0 Å². The Kier molecular flexibility index (Phi) is 2.26. The van der Waals surface area contributed by atoms with Crippen LogP contribution in [-0.2, 0) is 0 Å². The summed E-state index contributed by atoms with van der Waals surface area (Å²) in [6, 6.07) is 1.84. The SMILES string of the molecule is CC(N)c1cc(N)c(C=N)s1. The number of rotatable bonds is 2. The van der Waals surface area contributed by atoms with Crippen LogP contribution in [0.25, 0.3) is 0 Å². The Morgan fingerprint density at radius 1 is 1.73 bits per heavy atom. The van der Waals surface area contributed by atoms with E-state index in [2.05, 4.69) is 0 Å². The zero-order chi connectivity index (χ0) is 8.43. The van der Waals surface area contributed by atoms with Crippen LogP contribution < -0.4 is 11.5 Å². The molecule has 4 heteroatoms. The van der Waals surface area contributed by atoms with Crippen LogP contribution in [0.3, 0.4) is 0 Å². The highest BCUT2D eigenvalue weighted by Gasteiger charge is 2.06. The minimum atomic E-state index is 0.0102. The van der Waals surface area contributed by atoms with Gasteiger partial charge in [0.15, 0.2) is 0 Å². The molecule has 0 aromatic carbocycles. The third-order valence-electron chi connectivity index (χ3n) is 1.39. The number of nitrogens with two attached hydrogens (primary N) is 2. The lowest BCUT2D eigenvalue weighted by molar-refractivity contribution is 0.839. The molecule has 0 aliphatic carbocycles. The Labute approximate surface area is 69.5 Å². The summed E-state index contributed by atoms with van der Waals surface area (Å²) < 4.78 is 0. The zero-order valence-corrected chi connectivity index (χ0v) is 7.11. The lowest BCUT2D eigenvalue weighted by atomic mass is 10.3. The lowest BCUT2D eigenvalue weighted by Crippen LogP contribution is -2.01. The molecule has 0 amide bonds. The number of nitrogens with one attached hydrogen (secondary N) is 1. The van der Waals surface area contributed by atoms with Crippen molar-refractivity contribution in [1.82, 2.24) is 0 Å². The van der Waals surface area contributed by atoms with Crippen molar-refractivity contribution in [2.75, 3.05) is 5.73 Å². The summed E-state index contributed by atoms with van der Waals surface area (Å²) in [5.74, 6) is 0. The third-order valence-corrected chi connectivity index (χ3v) is 2.69. The van der Waals surface area contributed by atoms with Crippen LogP contribution in [0.15, 0.2) is 6.07 Å². The van der Waals surface area contributed by atoms with Gasteiger partial charge in [-0.05, 0) is 13.0 Å². The molecule has 0 radical (unpaired) electrons. The van der Waals surface area contributed by atoms with E-state index >= 15 is 0 Å². The van der Waals surface area contributed by atoms with Gasteiger partial charge in [-0.15, -0.1) is 11.3 Å². The van der Waals surface area contributed by atoms with Gasteiger partial charge >= 0.3 is 0 Å². The second-order valence-corrected chi connectivity index (χ2v) is 3.52. The van der Waals surface area contributed by atoms with E-state index in [0.717, 1.165) is 9.75 Å². The molecule has 0 fully saturated rings. The summed E-state index contributed by atoms with van der Waals surface area (Å²) in [7, 11) is 0. The molecule has 0 bridgehead atoms. The van der Waals surface area contributed by atoms with Crippen molar-refractivity contribution < 1.29 is 0 Å². The van der Waals surface area contributed by atoms with E-state index in [1.54, 1.807) is 0 Å². The van der Waals surface area contributed by atoms with Crippen LogP contribution in [-0.4, -0.2) is 6.21 Å². The van der Waals surface area contributed by atoms with Crippen LogP contribution in [0.4, 0.5) is 5.69 Å². The summed E-state index contributed by atoms with van der Waals surface area (Å²) in [5, 5.41) is 7.00. The second-order valence-electron chi connectivity index (χ2n) is 2.40. The molecule has 0 aliphatic rings. The molecule has 1 unspecified atom stereocenters. The van der Waals surface area contributed by atoms with E-state index in [1.807, 2.05) is 13.0 Å². The smallest absolute Gasteiger partial charge is 0.0678 e. The molecule has 3 nitrogen and oxygen atoms in total. The summed E-state index contributed by atoms with van der Waals surface area (Å²) in [6.07, 6.45) is 1.26. The largest absolute Gasteiger partial charge is 0.398 e. The van der Waals surface area contributed by atoms with Gasteiger partial charge in [0.25, 0.3) is 0 Å². The molecule has 1 aromatic heterocycles. The Hall–Kier alpha value is -0.870. The quantitative estimate of drug-likeness (QED) is 0.584. The minimum Gasteiger partial charge on any atom is -0.398 e. The Balaban J connectivity index is 3.04. The van der Waals surface area contributed by atoms with Crippen LogP contribution in [0, 0.1) is 5.41 Å². The van der Waals surface area contributed by atoms with Crippen molar-refractivity contribution >= 4 is 23.2 Å². The average molecular weight is 169 g/mol. The first kappa shape index (κ1) is 8.23. The standard InChI is InChI=1S/C7H11N3S/c1-4(9)6-2-5(10)7(3-8)11-6/h2-4,8H,9-10H2,1H3. The number of hydrogen-bond donors (Lipinski definition) is 3. The highest BCUT2D eigenvalue weighted by atomic mass is 32.1. The number of nitrogen functional groups attached to an aromatic ring is 1. The Morgan fingerprint density at radius 2 is 2.36 bits per heavy atom. The van der Waals surface area contributed by atoms with Crippen molar-refractivity contribution in [2.24, 2.45) is 5.73 Å². The van der Waals surface area contributed by atoms with Gasteiger partial charge in [0, 0.05) is 17.1 Å². The maximum absolute atomic E-state index is 7.00. The first-order valence-electron chi connectivity index (χ1n) is 3.30. The highest BCUT2D eigenvalue weighted by molar-refractivity contribution is 7.14. The van der Waals surface area contributed by atoms with E-state index in [1.165, 1.54) is 17.6 Å². The lowest BCUT2D eigenvalue weighted by Gasteiger charge is -1.96. The fraction of sp³-hybridized carbons (Fsp3) is 0.286. The fourth-order valence-electron chi connectivity index (χ4n) is 0.777. The fourth-order valence-corrected chi connectivity index (χ4v) is 1.64. The monoisotopic (exact) mass is 169 g/mol. The van der Waals surface area contributed by atoms with E-state index < -0.39 is 0 Å². The number of anilines is 1. The normalized spacial score (nSPS) is 12.9. The second kappa shape index (κ2) is 3.02. The predicted molar refractivity (Wildman–Crippen MR) is 49.2 cm³/mol. The average Bonchev–Trinajstić information content (AvgIpc) is 2.31. The van der Waals surface area contributed by atoms with Gasteiger partial charge in [-0.3, -0.25) is 0 Å². The van der Waals surface area contributed by atoms with Crippen LogP contribution in [0.1, 0.15) is 22.7 Å². The molecular weight excluding hydrogens is 158 g/mol. The minimum absolute atomic E-state index is 0.0102. The van der Waals surface area contributed by atoms with Gasteiger partial charge in [-0.1, -0.05) is 0 Å². The molecular formula is C7H11N3S. The van der Waals surface area contributed by atoms with Gasteiger partial charge in [0.1, 0.15) is 0 Å². The number of thiophene rings is 1.